The molecule has 1 atom stereocenters. The summed E-state index contributed by atoms with van der Waals surface area (Å²) >= 11 is 0. The number of aliphatic carboxylic acids is 1. The summed E-state index contributed by atoms with van der Waals surface area (Å²) in [5.41, 5.74) is 0.801. The van der Waals surface area contributed by atoms with Crippen LogP contribution in [0.3, 0.4) is 0 Å². The second-order valence-corrected chi connectivity index (χ2v) is 3.10. The zero-order valence-electron chi connectivity index (χ0n) is 8.34. The number of hydrogen-bond acceptors (Lipinski definition) is 3. The summed E-state index contributed by atoms with van der Waals surface area (Å²) in [4.78, 5) is 22.0. The number of carbonyl (C=O) groups is 2. The summed E-state index contributed by atoms with van der Waals surface area (Å²) in [7, 11) is 1.18. The van der Waals surface area contributed by atoms with Crippen LogP contribution in [0.2, 0.25) is 0 Å². The van der Waals surface area contributed by atoms with Crippen LogP contribution >= 0.6 is 0 Å². The van der Waals surface area contributed by atoms with E-state index in [4.69, 9.17) is 5.11 Å². The van der Waals surface area contributed by atoms with Crippen molar-refractivity contribution in [2.24, 2.45) is 5.92 Å². The van der Waals surface area contributed by atoms with E-state index in [1.807, 2.05) is 6.07 Å². The van der Waals surface area contributed by atoms with Crippen molar-refractivity contribution in [1.29, 1.82) is 0 Å². The fourth-order valence-electron chi connectivity index (χ4n) is 1.26. The van der Waals surface area contributed by atoms with Crippen LogP contribution in [-0.4, -0.2) is 24.2 Å². The van der Waals surface area contributed by atoms with Gasteiger partial charge in [0.25, 0.3) is 0 Å². The van der Waals surface area contributed by atoms with Gasteiger partial charge in [0.2, 0.25) is 0 Å². The molecule has 4 heteroatoms. The minimum atomic E-state index is -1.16. The molecule has 0 bridgehead atoms. The Balaban J connectivity index is 2.76. The first-order valence-electron chi connectivity index (χ1n) is 4.49. The van der Waals surface area contributed by atoms with E-state index in [0.717, 1.165) is 5.56 Å². The molecule has 0 saturated heterocycles. The SMILES string of the molecule is COC(=O)C(Cc1ccccc1)C(=O)O. The lowest BCUT2D eigenvalue weighted by Gasteiger charge is -2.09. The van der Waals surface area contributed by atoms with Crippen molar-refractivity contribution >= 4 is 11.9 Å². The average molecular weight is 208 g/mol. The van der Waals surface area contributed by atoms with Crippen LogP contribution in [0.4, 0.5) is 0 Å². The van der Waals surface area contributed by atoms with E-state index in [9.17, 15) is 9.59 Å². The van der Waals surface area contributed by atoms with Crippen molar-refractivity contribution < 1.29 is 19.4 Å². The molecule has 0 amide bonds. The largest absolute Gasteiger partial charge is 0.481 e. The predicted octanol–water partition coefficient (Wildman–Crippen LogP) is 1.10. The second kappa shape index (κ2) is 5.14. The van der Waals surface area contributed by atoms with Crippen LogP contribution in [0, 0.1) is 5.92 Å². The fourth-order valence-corrected chi connectivity index (χ4v) is 1.26. The van der Waals surface area contributed by atoms with Crippen molar-refractivity contribution in [3.05, 3.63) is 35.9 Å². The van der Waals surface area contributed by atoms with E-state index in [1.165, 1.54) is 7.11 Å². The zero-order valence-corrected chi connectivity index (χ0v) is 8.34. The molecule has 1 unspecified atom stereocenters. The van der Waals surface area contributed by atoms with Gasteiger partial charge in [0.1, 0.15) is 0 Å². The van der Waals surface area contributed by atoms with Gasteiger partial charge in [-0.15, -0.1) is 0 Å². The molecule has 0 fully saturated rings. The van der Waals surface area contributed by atoms with Crippen LogP contribution in [0.25, 0.3) is 0 Å². The van der Waals surface area contributed by atoms with Crippen molar-refractivity contribution in [2.75, 3.05) is 7.11 Å². The third-order valence-corrected chi connectivity index (χ3v) is 2.07. The summed E-state index contributed by atoms with van der Waals surface area (Å²) in [5, 5.41) is 8.84. The Kier molecular flexibility index (Phi) is 3.85. The Morgan fingerprint density at radius 2 is 1.93 bits per heavy atom. The van der Waals surface area contributed by atoms with Gasteiger partial charge in [-0.25, -0.2) is 0 Å². The number of hydrogen-bond donors (Lipinski definition) is 1. The maximum atomic E-state index is 11.2. The van der Waals surface area contributed by atoms with Crippen molar-refractivity contribution in [1.82, 2.24) is 0 Å². The molecule has 1 N–H and O–H groups in total. The van der Waals surface area contributed by atoms with Crippen LogP contribution in [0.5, 0.6) is 0 Å². The molecule has 0 spiro atoms. The number of carboxylic acid groups (broad SMARTS) is 1. The molecule has 0 aliphatic heterocycles. The van der Waals surface area contributed by atoms with Crippen LogP contribution < -0.4 is 0 Å². The standard InChI is InChI=1S/C11H12O4/c1-15-11(14)9(10(12)13)7-8-5-3-2-4-6-8/h2-6,9H,7H2,1H3,(H,12,13). The molecule has 0 aromatic heterocycles. The summed E-state index contributed by atoms with van der Waals surface area (Å²) in [6.45, 7) is 0. The lowest BCUT2D eigenvalue weighted by Crippen LogP contribution is -2.27. The van der Waals surface area contributed by atoms with E-state index in [1.54, 1.807) is 24.3 Å². The molecule has 15 heavy (non-hydrogen) atoms. The van der Waals surface area contributed by atoms with Gasteiger partial charge in [0, 0.05) is 0 Å². The molecule has 0 radical (unpaired) electrons. The van der Waals surface area contributed by atoms with Gasteiger partial charge < -0.3 is 9.84 Å². The third-order valence-electron chi connectivity index (χ3n) is 2.07. The number of esters is 1. The summed E-state index contributed by atoms with van der Waals surface area (Å²) < 4.78 is 4.43. The second-order valence-electron chi connectivity index (χ2n) is 3.10. The Bertz CT molecular complexity index is 345. The van der Waals surface area contributed by atoms with Gasteiger partial charge in [0.15, 0.2) is 5.92 Å². The van der Waals surface area contributed by atoms with Crippen LogP contribution in [-0.2, 0) is 20.7 Å². The Morgan fingerprint density at radius 3 is 2.40 bits per heavy atom. The summed E-state index contributed by atoms with van der Waals surface area (Å²) in [6, 6.07) is 8.98. The van der Waals surface area contributed by atoms with Crippen LogP contribution in [0.1, 0.15) is 5.56 Å². The summed E-state index contributed by atoms with van der Waals surface area (Å²) in [5.74, 6) is -3.01. The molecule has 80 valence electrons. The molecule has 0 saturated carbocycles. The predicted molar refractivity (Wildman–Crippen MR) is 53.3 cm³/mol. The molecular formula is C11H12O4. The van der Waals surface area contributed by atoms with Gasteiger partial charge in [0.05, 0.1) is 7.11 Å². The first kappa shape index (κ1) is 11.2. The first-order chi connectivity index (χ1) is 7.15. The van der Waals surface area contributed by atoms with E-state index < -0.39 is 17.9 Å². The minimum absolute atomic E-state index is 0.156. The minimum Gasteiger partial charge on any atom is -0.481 e. The van der Waals surface area contributed by atoms with Gasteiger partial charge >= 0.3 is 11.9 Å². The van der Waals surface area contributed by atoms with E-state index in [-0.39, 0.29) is 6.42 Å². The number of benzene rings is 1. The zero-order chi connectivity index (χ0) is 11.3. The van der Waals surface area contributed by atoms with Crippen molar-refractivity contribution in [3.8, 4) is 0 Å². The first-order valence-corrected chi connectivity index (χ1v) is 4.49. The Hall–Kier alpha value is -1.84. The van der Waals surface area contributed by atoms with E-state index in [2.05, 4.69) is 4.74 Å². The highest BCUT2D eigenvalue weighted by Crippen LogP contribution is 2.10. The highest BCUT2D eigenvalue weighted by Gasteiger charge is 2.27. The van der Waals surface area contributed by atoms with Crippen LogP contribution in [0.15, 0.2) is 30.3 Å². The third kappa shape index (κ3) is 3.09. The fraction of sp³-hybridized carbons (Fsp3) is 0.273. The Morgan fingerprint density at radius 1 is 1.33 bits per heavy atom. The number of carboxylic acids is 1. The highest BCUT2D eigenvalue weighted by atomic mass is 16.5. The highest BCUT2D eigenvalue weighted by molar-refractivity contribution is 5.94. The van der Waals surface area contributed by atoms with Gasteiger partial charge in [-0.05, 0) is 12.0 Å². The quantitative estimate of drug-likeness (QED) is 0.594. The maximum absolute atomic E-state index is 11.2. The number of ether oxygens (including phenoxy) is 1. The molecule has 1 rings (SSSR count). The monoisotopic (exact) mass is 208 g/mol. The normalized spacial score (nSPS) is 11.8. The topological polar surface area (TPSA) is 63.6 Å². The van der Waals surface area contributed by atoms with E-state index >= 15 is 0 Å². The van der Waals surface area contributed by atoms with E-state index in [0.29, 0.717) is 0 Å². The number of rotatable bonds is 4. The lowest BCUT2D eigenvalue weighted by molar-refractivity contribution is -0.156. The van der Waals surface area contributed by atoms with Gasteiger partial charge in [-0.2, -0.15) is 0 Å². The number of methoxy groups -OCH3 is 1. The molecule has 0 aliphatic carbocycles. The van der Waals surface area contributed by atoms with Crippen molar-refractivity contribution in [2.45, 2.75) is 6.42 Å². The summed E-state index contributed by atoms with van der Waals surface area (Å²) in [6.07, 6.45) is 0.156. The van der Waals surface area contributed by atoms with Gasteiger partial charge in [-0.1, -0.05) is 30.3 Å². The molecule has 1 aromatic carbocycles. The lowest BCUT2D eigenvalue weighted by atomic mass is 10.00. The molecule has 4 nitrogen and oxygen atoms in total. The average Bonchev–Trinajstić information content (AvgIpc) is 2.26. The van der Waals surface area contributed by atoms with Gasteiger partial charge in [-0.3, -0.25) is 9.59 Å². The Labute approximate surface area is 87.5 Å². The number of carbonyl (C=O) groups excluding carboxylic acids is 1. The maximum Gasteiger partial charge on any atom is 0.320 e. The molecular weight excluding hydrogens is 196 g/mol. The molecule has 0 heterocycles. The smallest absolute Gasteiger partial charge is 0.320 e. The molecule has 0 aliphatic rings. The van der Waals surface area contributed by atoms with Crippen molar-refractivity contribution in [3.63, 3.8) is 0 Å². The molecule has 1 aromatic rings.